The van der Waals surface area contributed by atoms with Gasteiger partial charge in [-0.15, -0.1) is 0 Å². The van der Waals surface area contributed by atoms with Crippen molar-refractivity contribution >= 4 is 11.9 Å². The fourth-order valence-electron chi connectivity index (χ4n) is 1.62. The molecule has 6 nitrogen and oxygen atoms in total. The first-order valence-electron chi connectivity index (χ1n) is 5.24. The van der Waals surface area contributed by atoms with E-state index >= 15 is 0 Å². The SMILES string of the molecule is Cc1ccc(C(=O)O)c(C(O)C(O)CC(=O)O)c1. The van der Waals surface area contributed by atoms with Crippen molar-refractivity contribution in [2.24, 2.45) is 0 Å². The summed E-state index contributed by atoms with van der Waals surface area (Å²) in [5.41, 5.74) is 0.561. The van der Waals surface area contributed by atoms with Crippen molar-refractivity contribution in [3.8, 4) is 0 Å². The van der Waals surface area contributed by atoms with Crippen LogP contribution in [0.3, 0.4) is 0 Å². The van der Waals surface area contributed by atoms with Crippen LogP contribution in [-0.2, 0) is 4.79 Å². The fourth-order valence-corrected chi connectivity index (χ4v) is 1.62. The fraction of sp³-hybridized carbons (Fsp3) is 0.333. The quantitative estimate of drug-likeness (QED) is 0.610. The summed E-state index contributed by atoms with van der Waals surface area (Å²) in [6, 6.07) is 4.28. The van der Waals surface area contributed by atoms with Gasteiger partial charge in [0.05, 0.1) is 18.1 Å². The summed E-state index contributed by atoms with van der Waals surface area (Å²) in [6.45, 7) is 1.70. The highest BCUT2D eigenvalue weighted by atomic mass is 16.4. The Balaban J connectivity index is 3.10. The minimum atomic E-state index is -1.55. The van der Waals surface area contributed by atoms with E-state index in [2.05, 4.69) is 0 Å². The Kier molecular flexibility index (Phi) is 4.41. The van der Waals surface area contributed by atoms with E-state index in [4.69, 9.17) is 10.2 Å². The molecule has 98 valence electrons. The standard InChI is InChI=1S/C12H14O6/c1-6-2-3-7(12(17)18)8(4-6)11(16)9(13)5-10(14)15/h2-4,9,11,13,16H,5H2,1H3,(H,14,15)(H,17,18). The molecule has 0 spiro atoms. The molecule has 0 aromatic heterocycles. The van der Waals surface area contributed by atoms with E-state index in [0.717, 1.165) is 0 Å². The predicted octanol–water partition coefficient (Wildman–Crippen LogP) is 0.562. The van der Waals surface area contributed by atoms with E-state index in [1.165, 1.54) is 12.1 Å². The molecule has 18 heavy (non-hydrogen) atoms. The van der Waals surface area contributed by atoms with E-state index in [9.17, 15) is 19.8 Å². The summed E-state index contributed by atoms with van der Waals surface area (Å²) in [5, 5.41) is 36.8. The Morgan fingerprint density at radius 2 is 1.83 bits per heavy atom. The zero-order valence-electron chi connectivity index (χ0n) is 9.70. The van der Waals surface area contributed by atoms with Gasteiger partial charge in [-0.25, -0.2) is 4.79 Å². The van der Waals surface area contributed by atoms with Gasteiger partial charge in [0, 0.05) is 0 Å². The van der Waals surface area contributed by atoms with E-state index in [1.807, 2.05) is 0 Å². The molecule has 0 amide bonds. The number of aliphatic hydroxyl groups is 2. The maximum atomic E-state index is 11.0. The molecule has 0 aliphatic rings. The number of aliphatic hydroxyl groups excluding tert-OH is 2. The van der Waals surface area contributed by atoms with Gasteiger partial charge in [0.2, 0.25) is 0 Å². The first-order chi connectivity index (χ1) is 8.32. The molecular formula is C12H14O6. The lowest BCUT2D eigenvalue weighted by Gasteiger charge is -2.18. The second-order valence-corrected chi connectivity index (χ2v) is 4.01. The monoisotopic (exact) mass is 254 g/mol. The number of carbonyl (C=O) groups is 2. The number of carboxylic acid groups (broad SMARTS) is 2. The first-order valence-corrected chi connectivity index (χ1v) is 5.24. The molecule has 2 atom stereocenters. The first kappa shape index (κ1) is 14.1. The second kappa shape index (κ2) is 5.61. The molecule has 0 aliphatic carbocycles. The lowest BCUT2D eigenvalue weighted by atomic mass is 9.95. The molecule has 0 fully saturated rings. The molecule has 0 heterocycles. The minimum absolute atomic E-state index is 0.0104. The minimum Gasteiger partial charge on any atom is -0.481 e. The van der Waals surface area contributed by atoms with Crippen LogP contribution in [-0.4, -0.2) is 38.5 Å². The number of aliphatic carboxylic acids is 1. The average Bonchev–Trinajstić information content (AvgIpc) is 2.26. The van der Waals surface area contributed by atoms with Crippen LogP contribution in [0.5, 0.6) is 0 Å². The van der Waals surface area contributed by atoms with Crippen LogP contribution in [0.1, 0.15) is 34.0 Å². The van der Waals surface area contributed by atoms with Gasteiger partial charge in [-0.1, -0.05) is 17.7 Å². The smallest absolute Gasteiger partial charge is 0.336 e. The lowest BCUT2D eigenvalue weighted by molar-refractivity contribution is -0.141. The van der Waals surface area contributed by atoms with Gasteiger partial charge in [0.15, 0.2) is 0 Å². The maximum Gasteiger partial charge on any atom is 0.336 e. The Morgan fingerprint density at radius 3 is 2.33 bits per heavy atom. The molecule has 0 saturated heterocycles. The van der Waals surface area contributed by atoms with E-state index in [1.54, 1.807) is 13.0 Å². The Morgan fingerprint density at radius 1 is 1.22 bits per heavy atom. The van der Waals surface area contributed by atoms with Crippen LogP contribution in [0.15, 0.2) is 18.2 Å². The largest absolute Gasteiger partial charge is 0.481 e. The Hall–Kier alpha value is -1.92. The molecule has 0 bridgehead atoms. The van der Waals surface area contributed by atoms with E-state index < -0.39 is 30.6 Å². The summed E-state index contributed by atoms with van der Waals surface area (Å²) < 4.78 is 0. The average molecular weight is 254 g/mol. The molecule has 4 N–H and O–H groups in total. The third-order valence-corrected chi connectivity index (χ3v) is 2.50. The zero-order valence-corrected chi connectivity index (χ0v) is 9.70. The van der Waals surface area contributed by atoms with Gasteiger partial charge in [0.1, 0.15) is 6.10 Å². The van der Waals surface area contributed by atoms with Crippen molar-refractivity contribution in [1.29, 1.82) is 0 Å². The highest BCUT2D eigenvalue weighted by Crippen LogP contribution is 2.24. The van der Waals surface area contributed by atoms with Crippen molar-refractivity contribution in [3.05, 3.63) is 34.9 Å². The summed E-state index contributed by atoms with van der Waals surface area (Å²) in [5.74, 6) is -2.52. The summed E-state index contributed by atoms with van der Waals surface area (Å²) in [7, 11) is 0. The number of carboxylic acids is 2. The van der Waals surface area contributed by atoms with Crippen LogP contribution in [0.2, 0.25) is 0 Å². The van der Waals surface area contributed by atoms with Crippen LogP contribution in [0.4, 0.5) is 0 Å². The second-order valence-electron chi connectivity index (χ2n) is 4.01. The highest BCUT2D eigenvalue weighted by Gasteiger charge is 2.25. The van der Waals surface area contributed by atoms with Gasteiger partial charge in [-0.3, -0.25) is 4.79 Å². The molecule has 2 unspecified atom stereocenters. The molecule has 1 aromatic rings. The van der Waals surface area contributed by atoms with Gasteiger partial charge < -0.3 is 20.4 Å². The van der Waals surface area contributed by atoms with Crippen LogP contribution < -0.4 is 0 Å². The van der Waals surface area contributed by atoms with Gasteiger partial charge in [-0.05, 0) is 18.6 Å². The Bertz CT molecular complexity index is 468. The van der Waals surface area contributed by atoms with Crippen molar-refractivity contribution in [3.63, 3.8) is 0 Å². The van der Waals surface area contributed by atoms with Gasteiger partial charge in [0.25, 0.3) is 0 Å². The molecule has 0 radical (unpaired) electrons. The van der Waals surface area contributed by atoms with Gasteiger partial charge in [-0.2, -0.15) is 0 Å². The number of rotatable bonds is 5. The predicted molar refractivity (Wildman–Crippen MR) is 61.4 cm³/mol. The van der Waals surface area contributed by atoms with E-state index in [-0.39, 0.29) is 11.1 Å². The lowest BCUT2D eigenvalue weighted by Crippen LogP contribution is -2.23. The summed E-state index contributed by atoms with van der Waals surface area (Å²) in [6.07, 6.45) is -3.76. The number of hydrogen-bond acceptors (Lipinski definition) is 4. The molecule has 6 heteroatoms. The third-order valence-electron chi connectivity index (χ3n) is 2.50. The molecule has 0 aliphatic heterocycles. The molecular weight excluding hydrogens is 240 g/mol. The van der Waals surface area contributed by atoms with Crippen molar-refractivity contribution in [2.45, 2.75) is 25.6 Å². The number of hydrogen-bond donors (Lipinski definition) is 4. The van der Waals surface area contributed by atoms with Crippen LogP contribution >= 0.6 is 0 Å². The highest BCUT2D eigenvalue weighted by molar-refractivity contribution is 5.89. The zero-order chi connectivity index (χ0) is 13.9. The molecule has 1 rings (SSSR count). The topological polar surface area (TPSA) is 115 Å². The summed E-state index contributed by atoms with van der Waals surface area (Å²) >= 11 is 0. The third kappa shape index (κ3) is 3.28. The molecule has 1 aromatic carbocycles. The maximum absolute atomic E-state index is 11.0. The van der Waals surface area contributed by atoms with Crippen molar-refractivity contribution in [1.82, 2.24) is 0 Å². The normalized spacial score (nSPS) is 13.9. The van der Waals surface area contributed by atoms with Crippen LogP contribution in [0, 0.1) is 6.92 Å². The Labute approximate surface area is 103 Å². The number of aromatic carboxylic acids is 1. The molecule has 0 saturated carbocycles. The number of benzene rings is 1. The number of aryl methyl sites for hydroxylation is 1. The van der Waals surface area contributed by atoms with Crippen LogP contribution in [0.25, 0.3) is 0 Å². The van der Waals surface area contributed by atoms with Gasteiger partial charge >= 0.3 is 11.9 Å². The van der Waals surface area contributed by atoms with E-state index in [0.29, 0.717) is 5.56 Å². The van der Waals surface area contributed by atoms with Crippen molar-refractivity contribution in [2.75, 3.05) is 0 Å². The summed E-state index contributed by atoms with van der Waals surface area (Å²) in [4.78, 5) is 21.4. The van der Waals surface area contributed by atoms with Crippen molar-refractivity contribution < 1.29 is 30.0 Å².